The second kappa shape index (κ2) is 44.2. The maximum atomic E-state index is 14.6. The number of nitrogen functional groups attached to an aromatic ring is 5. The first-order valence-electron chi connectivity index (χ1n) is 44.2. The number of unbranched alkanes of at least 4 members (excludes halogenated alkanes) is 3. The Morgan fingerprint density at radius 3 is 1.29 bits per heavy atom. The summed E-state index contributed by atoms with van der Waals surface area (Å²) in [5, 5.41) is 74.1. The summed E-state index contributed by atoms with van der Waals surface area (Å²) in [6.07, 6.45) is -34.8. The Morgan fingerprint density at radius 1 is 0.432 bits per heavy atom. The Bertz CT molecular complexity index is 7400. The summed E-state index contributed by atoms with van der Waals surface area (Å²) < 4.78 is 190. The summed E-state index contributed by atoms with van der Waals surface area (Å²) in [6, 6.07) is 11.8. The zero-order valence-corrected chi connectivity index (χ0v) is 81.5. The van der Waals surface area contributed by atoms with E-state index in [-0.39, 0.29) is 76.6 Å². The number of fused-ring (bicyclic) bond motifs is 5. The number of nitrogens with two attached hydrogens (primary N) is 5. The van der Waals surface area contributed by atoms with E-state index in [2.05, 4.69) is 60.1 Å². The molecular weight excluding hydrogens is 2110 g/mol. The number of nitrogens with one attached hydrogen (secondary N) is 2. The van der Waals surface area contributed by atoms with Crippen LogP contribution in [0, 0.1) is 6.92 Å². The van der Waals surface area contributed by atoms with Crippen LogP contribution in [-0.4, -0.2) is 310 Å². The van der Waals surface area contributed by atoms with E-state index in [1.807, 2.05) is 11.1 Å². The molecule has 0 spiro atoms. The molecule has 6 aliphatic heterocycles. The second-order valence-corrected chi connectivity index (χ2v) is 42.3. The summed E-state index contributed by atoms with van der Waals surface area (Å²) in [5.74, 6) is -1.66. The van der Waals surface area contributed by atoms with Crippen molar-refractivity contribution >= 4 is 126 Å². The second-order valence-electron chi connectivity index (χ2n) is 33.8. The van der Waals surface area contributed by atoms with Gasteiger partial charge in [0.2, 0.25) is 0 Å². The molecule has 0 saturated carbocycles. The van der Waals surface area contributed by atoms with Gasteiger partial charge in [-0.2, -0.15) is 15.0 Å². The van der Waals surface area contributed by atoms with Gasteiger partial charge in [0.25, 0.3) is 11.5 Å². The third kappa shape index (κ3) is 24.2. The van der Waals surface area contributed by atoms with Crippen LogP contribution in [0.4, 0.5) is 29.1 Å². The summed E-state index contributed by atoms with van der Waals surface area (Å²) in [4.78, 5) is 194. The number of aliphatic hydroxyl groups is 6. The van der Waals surface area contributed by atoms with Crippen LogP contribution in [0.2, 0.25) is 0 Å². The number of phosphoric acid groups is 6. The van der Waals surface area contributed by atoms with Gasteiger partial charge in [0.15, 0.2) is 54.1 Å². The van der Waals surface area contributed by atoms with Gasteiger partial charge >= 0.3 is 69.7 Å². The number of amides is 1. The molecule has 800 valence electrons. The number of hydrogen-bond acceptors (Lipinski definition) is 52. The molecule has 6 fully saturated rings. The molecular formula is C76H94N24O42P6. The van der Waals surface area contributed by atoms with E-state index in [0.717, 1.165) is 77.4 Å². The minimum absolute atomic E-state index is 0.0507. The van der Waals surface area contributed by atoms with Crippen LogP contribution in [0.1, 0.15) is 85.4 Å². The van der Waals surface area contributed by atoms with Crippen LogP contribution >= 0.6 is 46.9 Å². The number of ether oxygens (including phenoxy) is 6. The fourth-order valence-electron chi connectivity index (χ4n) is 16.9. The van der Waals surface area contributed by atoms with Crippen molar-refractivity contribution in [2.75, 3.05) is 81.5 Å². The summed E-state index contributed by atoms with van der Waals surface area (Å²) in [5.41, 5.74) is 24.8. The molecule has 0 aliphatic carbocycles. The zero-order chi connectivity index (χ0) is 106. The van der Waals surface area contributed by atoms with Gasteiger partial charge in [-0.25, -0.2) is 76.5 Å². The van der Waals surface area contributed by atoms with Crippen LogP contribution in [0.25, 0.3) is 44.1 Å². The van der Waals surface area contributed by atoms with Crippen LogP contribution in [0.5, 0.6) is 0 Å². The molecule has 72 heteroatoms. The molecule has 1 amide bonds. The molecule has 29 atom stereocenters. The average molecular weight is 2200 g/mol. The Kier molecular flexibility index (Phi) is 32.4. The summed E-state index contributed by atoms with van der Waals surface area (Å²) >= 11 is 0. The fourth-order valence-corrected chi connectivity index (χ4v) is 22.4. The highest BCUT2D eigenvalue weighted by Crippen LogP contribution is 2.58. The number of pyridine rings is 2. The van der Waals surface area contributed by atoms with Gasteiger partial charge in [-0.15, -0.1) is 0 Å². The molecule has 148 heavy (non-hydrogen) atoms. The molecule has 6 aliphatic rings. The van der Waals surface area contributed by atoms with Gasteiger partial charge in [0.05, 0.1) is 69.9 Å². The van der Waals surface area contributed by atoms with Gasteiger partial charge in [-0.1, -0.05) is 25.0 Å². The highest BCUT2D eigenvalue weighted by atomic mass is 31.2. The van der Waals surface area contributed by atoms with Gasteiger partial charge in [-0.3, -0.25) is 106 Å². The highest BCUT2D eigenvalue weighted by molar-refractivity contribution is 7.48. The number of H-pyrrole nitrogens is 1. The fraction of sp³-hybridized carbons (Fsp3) is 0.487. The molecule has 11 aromatic rings. The van der Waals surface area contributed by atoms with Crippen molar-refractivity contribution in [3.63, 3.8) is 0 Å². The molecule has 6 unspecified atom stereocenters. The standard InChI is InChI=1S/C76H94N24O42P6/c1-33-22-98(76(112)94-66(33)107)47-21-37(138-144(115,116)129-26-43-61(57(106)72(137-43)100-32-90-51-63(81)86-30-88-65(51)100)142-146(119,120)128-24-39-52(101)53(102)68(133-39)99-31-89-50-62(80)85-29-87-64(50)99)38(132-47)23-127-145(117,118)139-59-41(135-70(55(59)104)96-17-11-45(78)92-74(96)110)27-131-148(123,124)141-60-42(136-71(56(60)105)97-18-12-46(79)93-75(97)111)28-130-147(121,122)140-58-40(134-69(54(58)103)95-16-10-44(77)91-73(95)109)25-126-143(113,114)125-19-5-3-2-4-13-84-67(108)36-20-34-8-6-14-82-48(34)49-35(36)9-7-15-83-49/h6-12,14-18,20,22,29-32,37-43,47,52-61,68-72,101-106H,2-5,13,19,21,23-28H2,1H3,(H,84,108)(H,113,114)(H,115,116)(H,117,118)(H,119,120)(H,121,122)(H,123,124)(H2,77,91,109)(H2,78,92,110)(H2,79,93,111)(H2,80,85,87)(H2,81,86,88)(H,94,107,112)/t37-,38+,39+,40+,41+,42+,43+,47+,52+,53+,54+,55+,56+,57+,58+,59+,60+,61+,68+,69+,70+,71+,72+/m0/s1. The highest BCUT2D eigenvalue weighted by Gasteiger charge is 2.58. The maximum Gasteiger partial charge on any atom is 0.472 e. The lowest BCUT2D eigenvalue weighted by molar-refractivity contribution is -0.0660. The molecule has 0 bridgehead atoms. The average Bonchev–Trinajstić information content (AvgIpc) is 1.62. The number of hydrogen-bond donors (Lipinski definition) is 19. The number of aromatic amines is 1. The number of carbonyl (C=O) groups excluding carboxylic acids is 1. The minimum Gasteiger partial charge on any atom is -0.387 e. The number of benzene rings is 1. The number of aliphatic hydroxyl groups excluding tert-OH is 6. The summed E-state index contributed by atoms with van der Waals surface area (Å²) in [7, 11) is -34.4. The molecule has 6 saturated heterocycles. The van der Waals surface area contributed by atoms with Gasteiger partial charge < -0.3 is 122 Å². The predicted molar refractivity (Wildman–Crippen MR) is 491 cm³/mol. The van der Waals surface area contributed by atoms with Crippen molar-refractivity contribution in [3.05, 3.63) is 174 Å². The topological polar surface area (TPSA) is 943 Å². The number of anilines is 5. The lowest BCUT2D eigenvalue weighted by Crippen LogP contribution is -2.39. The van der Waals surface area contributed by atoms with Crippen LogP contribution in [0.15, 0.2) is 135 Å². The minimum atomic E-state index is -6.03. The van der Waals surface area contributed by atoms with E-state index in [1.54, 1.807) is 36.7 Å². The van der Waals surface area contributed by atoms with Crippen molar-refractivity contribution in [1.82, 2.24) is 92.5 Å². The predicted octanol–water partition coefficient (Wildman–Crippen LogP) is -3.12. The number of aromatic nitrogens is 18. The van der Waals surface area contributed by atoms with E-state index < -0.39 is 268 Å². The molecule has 0 radical (unpaired) electrons. The molecule has 16 heterocycles. The lowest BCUT2D eigenvalue weighted by atomic mass is 10.0. The van der Waals surface area contributed by atoms with Crippen molar-refractivity contribution in [1.29, 1.82) is 0 Å². The molecule has 1 aromatic carbocycles. The monoisotopic (exact) mass is 2200 g/mol. The Morgan fingerprint density at radius 2 is 0.831 bits per heavy atom. The van der Waals surface area contributed by atoms with E-state index in [4.69, 9.17) is 111 Å². The first-order valence-corrected chi connectivity index (χ1v) is 53.2. The van der Waals surface area contributed by atoms with Gasteiger partial charge in [0, 0.05) is 72.0 Å². The van der Waals surface area contributed by atoms with E-state index in [1.165, 1.54) is 11.5 Å². The van der Waals surface area contributed by atoms with Crippen LogP contribution in [0.3, 0.4) is 0 Å². The molecule has 24 N–H and O–H groups in total. The van der Waals surface area contributed by atoms with Crippen molar-refractivity contribution < 1.29 is 175 Å². The van der Waals surface area contributed by atoms with Crippen molar-refractivity contribution in [2.24, 2.45) is 0 Å². The van der Waals surface area contributed by atoms with Crippen molar-refractivity contribution in [2.45, 2.75) is 180 Å². The van der Waals surface area contributed by atoms with E-state index in [0.29, 0.717) is 60.3 Å². The van der Waals surface area contributed by atoms with Gasteiger partial charge in [-0.05, 0) is 56.2 Å². The third-order valence-electron chi connectivity index (χ3n) is 23.9. The largest absolute Gasteiger partial charge is 0.472 e. The Hall–Kier alpha value is -10.9. The lowest BCUT2D eigenvalue weighted by Gasteiger charge is -2.27. The third-order valence-corrected chi connectivity index (χ3v) is 29.9. The molecule has 66 nitrogen and oxygen atoms in total. The van der Waals surface area contributed by atoms with Crippen LogP contribution in [-0.2, 0) is 110 Å². The first-order chi connectivity index (χ1) is 70.2. The quantitative estimate of drug-likeness (QED) is 0.0102. The first kappa shape index (κ1) is 108. The number of rotatable bonds is 43. The number of phosphoric ester groups is 6. The molecule has 10 aromatic heterocycles. The van der Waals surface area contributed by atoms with Crippen LogP contribution < -0.4 is 62.3 Å². The van der Waals surface area contributed by atoms with Crippen molar-refractivity contribution in [3.8, 4) is 0 Å². The Balaban J connectivity index is 0.555. The number of aryl methyl sites for hydroxylation is 1. The zero-order valence-electron chi connectivity index (χ0n) is 76.2. The number of nitrogens with zero attached hydrogens (tertiary/aromatic N) is 17. The summed E-state index contributed by atoms with van der Waals surface area (Å²) in [6.45, 7) is -6.57. The van der Waals surface area contributed by atoms with E-state index in [9.17, 15) is 116 Å². The number of carbonyl (C=O) groups is 1. The normalized spacial score (nSPS) is 29.2. The SMILES string of the molecule is Cc1cn([C@H]2C[C@H](OP(=O)(O)OC[C@H]3O[C@@H](n4cnc5c(N)ncnc54)[C@H](O)[C@@H]3OP(=O)(O)OC[C@H]3O[C@@H](n4cnc5c(N)ncnc54)[C@H](O)[C@@H]3O)[C@@H](COP(=O)(O)O[C@H]3[C@@H](O)[C@H](n4ccc(N)nc4=O)O[C@@H]3COP(=O)(O)O[C@H]3[C@@H](O)[C@H](n4ccc(N)nc4=O)O[C@@H]3COP(=O)(O)O[C@H]3[C@@H](O)[C@H](n4ccc(N)nc4=O)O[C@@H]3COP(=O)(O)OCCCCCCNC(=O)c3cc4cccnc4c4ncccc34)O2)c(=O)[nH]c1=O. The molecule has 17 rings (SSSR count). The smallest absolute Gasteiger partial charge is 0.387 e. The van der Waals surface area contributed by atoms with Gasteiger partial charge in [0.1, 0.15) is 151 Å². The van der Waals surface area contributed by atoms with E-state index >= 15 is 0 Å². The maximum absolute atomic E-state index is 14.6. The Labute approximate surface area is 826 Å². The number of imidazole rings is 2.